The Bertz CT molecular complexity index is 212. The van der Waals surface area contributed by atoms with Crippen molar-refractivity contribution in [3.8, 4) is 6.07 Å². The molecule has 0 bridgehead atoms. The molecule has 1 aliphatic rings. The maximum atomic E-state index is 12.8. The molecule has 0 aliphatic carbocycles. The lowest BCUT2D eigenvalue weighted by atomic mass is 10.1. The van der Waals surface area contributed by atoms with Crippen molar-refractivity contribution < 1.29 is 9.18 Å². The van der Waals surface area contributed by atoms with Gasteiger partial charge < -0.3 is 4.90 Å². The van der Waals surface area contributed by atoms with Crippen LogP contribution in [0.4, 0.5) is 4.39 Å². The molecule has 0 aromatic carbocycles. The monoisotopic (exact) mass is 170 g/mol. The molecule has 0 aromatic heterocycles. The predicted molar refractivity (Wildman–Crippen MR) is 40.9 cm³/mol. The molecule has 4 heteroatoms. The highest BCUT2D eigenvalue weighted by Gasteiger charge is 2.22. The molecule has 1 atom stereocenters. The first-order valence-electron chi connectivity index (χ1n) is 4.03. The molecule has 1 amide bonds. The Balaban J connectivity index is 2.41. The maximum Gasteiger partial charge on any atom is 0.236 e. The highest BCUT2D eigenvalue weighted by atomic mass is 19.1. The number of carbonyl (C=O) groups excluding carboxylic acids is 1. The van der Waals surface area contributed by atoms with Crippen molar-refractivity contribution in [3.63, 3.8) is 0 Å². The van der Waals surface area contributed by atoms with Gasteiger partial charge in [0.15, 0.2) is 0 Å². The lowest BCUT2D eigenvalue weighted by molar-refractivity contribution is -0.132. The van der Waals surface area contributed by atoms with Crippen molar-refractivity contribution in [2.75, 3.05) is 13.1 Å². The van der Waals surface area contributed by atoms with Crippen LogP contribution in [-0.4, -0.2) is 30.1 Å². The van der Waals surface area contributed by atoms with Gasteiger partial charge in [-0.1, -0.05) is 0 Å². The summed E-state index contributed by atoms with van der Waals surface area (Å²) < 4.78 is 12.8. The van der Waals surface area contributed by atoms with Gasteiger partial charge in [0.2, 0.25) is 5.91 Å². The quantitative estimate of drug-likeness (QED) is 0.585. The fourth-order valence-corrected chi connectivity index (χ4v) is 1.33. The molecule has 1 saturated heterocycles. The number of piperidine rings is 1. The van der Waals surface area contributed by atoms with E-state index in [0.29, 0.717) is 19.4 Å². The summed E-state index contributed by atoms with van der Waals surface area (Å²) in [7, 11) is 0. The van der Waals surface area contributed by atoms with E-state index in [0.717, 1.165) is 0 Å². The van der Waals surface area contributed by atoms with Gasteiger partial charge in [0.25, 0.3) is 0 Å². The van der Waals surface area contributed by atoms with Gasteiger partial charge in [0, 0.05) is 6.54 Å². The van der Waals surface area contributed by atoms with Crippen LogP contribution in [0.3, 0.4) is 0 Å². The second-order valence-electron chi connectivity index (χ2n) is 2.91. The zero-order valence-electron chi connectivity index (χ0n) is 6.79. The van der Waals surface area contributed by atoms with Crippen molar-refractivity contribution in [3.05, 3.63) is 0 Å². The second kappa shape index (κ2) is 4.05. The lowest BCUT2D eigenvalue weighted by Gasteiger charge is -2.28. The number of alkyl halides is 1. The van der Waals surface area contributed by atoms with Crippen molar-refractivity contribution >= 4 is 5.91 Å². The zero-order valence-corrected chi connectivity index (χ0v) is 6.79. The first-order valence-corrected chi connectivity index (χ1v) is 4.03. The number of hydrogen-bond donors (Lipinski definition) is 0. The first kappa shape index (κ1) is 8.98. The molecule has 3 nitrogen and oxygen atoms in total. The molecule has 0 aromatic rings. The van der Waals surface area contributed by atoms with Gasteiger partial charge in [-0.15, -0.1) is 0 Å². The van der Waals surface area contributed by atoms with Gasteiger partial charge >= 0.3 is 0 Å². The fraction of sp³-hybridized carbons (Fsp3) is 0.750. The van der Waals surface area contributed by atoms with E-state index in [1.165, 1.54) is 4.90 Å². The van der Waals surface area contributed by atoms with Crippen LogP contribution in [0.1, 0.15) is 19.3 Å². The number of amides is 1. The first-order chi connectivity index (χ1) is 5.74. The minimum absolute atomic E-state index is 0.132. The lowest BCUT2D eigenvalue weighted by Crippen LogP contribution is -2.40. The largest absolute Gasteiger partial charge is 0.339 e. The zero-order chi connectivity index (χ0) is 8.97. The summed E-state index contributed by atoms with van der Waals surface area (Å²) in [5.74, 6) is -0.250. The van der Waals surface area contributed by atoms with Gasteiger partial charge in [-0.25, -0.2) is 4.39 Å². The van der Waals surface area contributed by atoms with Crippen LogP contribution < -0.4 is 0 Å². The van der Waals surface area contributed by atoms with Gasteiger partial charge in [0.05, 0.1) is 12.6 Å². The minimum atomic E-state index is -0.901. The van der Waals surface area contributed by atoms with Crippen LogP contribution in [-0.2, 0) is 4.79 Å². The van der Waals surface area contributed by atoms with E-state index in [1.54, 1.807) is 6.07 Å². The van der Waals surface area contributed by atoms with E-state index in [9.17, 15) is 9.18 Å². The molecule has 1 aliphatic heterocycles. The molecular formula is C8H11FN2O. The van der Waals surface area contributed by atoms with Crippen LogP contribution in [0.5, 0.6) is 0 Å². The number of carbonyl (C=O) groups is 1. The highest BCUT2D eigenvalue weighted by Crippen LogP contribution is 2.13. The summed E-state index contributed by atoms with van der Waals surface area (Å²) in [4.78, 5) is 12.5. The molecular weight excluding hydrogens is 159 g/mol. The SMILES string of the molecule is N#CCC(=O)N1CCC[C@H](F)C1. The van der Waals surface area contributed by atoms with Crippen LogP contribution in [0, 0.1) is 11.3 Å². The average Bonchev–Trinajstić information content (AvgIpc) is 2.05. The number of halogens is 1. The van der Waals surface area contributed by atoms with Crippen molar-refractivity contribution in [2.45, 2.75) is 25.4 Å². The molecule has 0 saturated carbocycles. The Hall–Kier alpha value is -1.11. The van der Waals surface area contributed by atoms with E-state index in [1.807, 2.05) is 0 Å². The van der Waals surface area contributed by atoms with Crippen molar-refractivity contribution in [1.82, 2.24) is 4.90 Å². The Morgan fingerprint density at radius 2 is 2.50 bits per heavy atom. The van der Waals surface area contributed by atoms with Crippen LogP contribution >= 0.6 is 0 Å². The van der Waals surface area contributed by atoms with Gasteiger partial charge in [-0.05, 0) is 12.8 Å². The number of likely N-dealkylation sites (tertiary alicyclic amines) is 1. The fourth-order valence-electron chi connectivity index (χ4n) is 1.33. The summed E-state index contributed by atoms with van der Waals surface area (Å²) in [5.41, 5.74) is 0. The molecule has 0 spiro atoms. The second-order valence-corrected chi connectivity index (χ2v) is 2.91. The third kappa shape index (κ3) is 2.19. The van der Waals surface area contributed by atoms with E-state index < -0.39 is 6.17 Å². The minimum Gasteiger partial charge on any atom is -0.339 e. The number of rotatable bonds is 1. The molecule has 12 heavy (non-hydrogen) atoms. The molecule has 1 heterocycles. The Labute approximate surface area is 70.8 Å². The molecule has 0 unspecified atom stereocenters. The molecule has 1 rings (SSSR count). The van der Waals surface area contributed by atoms with E-state index in [2.05, 4.69) is 0 Å². The normalized spacial score (nSPS) is 23.3. The molecule has 0 N–H and O–H groups in total. The molecule has 1 fully saturated rings. The smallest absolute Gasteiger partial charge is 0.236 e. The third-order valence-electron chi connectivity index (χ3n) is 1.95. The van der Waals surface area contributed by atoms with Crippen LogP contribution in [0.2, 0.25) is 0 Å². The Kier molecular flexibility index (Phi) is 3.03. The Morgan fingerprint density at radius 1 is 1.75 bits per heavy atom. The molecule has 66 valence electrons. The Morgan fingerprint density at radius 3 is 3.08 bits per heavy atom. The van der Waals surface area contributed by atoms with Crippen LogP contribution in [0.15, 0.2) is 0 Å². The molecule has 0 radical (unpaired) electrons. The van der Waals surface area contributed by atoms with Gasteiger partial charge in [-0.2, -0.15) is 5.26 Å². The van der Waals surface area contributed by atoms with Gasteiger partial charge in [-0.3, -0.25) is 4.79 Å². The number of hydrogen-bond acceptors (Lipinski definition) is 2. The number of nitriles is 1. The highest BCUT2D eigenvalue weighted by molar-refractivity contribution is 5.78. The van der Waals surface area contributed by atoms with E-state index in [-0.39, 0.29) is 18.9 Å². The third-order valence-corrected chi connectivity index (χ3v) is 1.95. The van der Waals surface area contributed by atoms with Crippen molar-refractivity contribution in [2.24, 2.45) is 0 Å². The summed E-state index contributed by atoms with van der Waals surface area (Å²) in [6, 6.07) is 1.77. The predicted octanol–water partition coefficient (Wildman–Crippen LogP) is 0.861. The summed E-state index contributed by atoms with van der Waals surface area (Å²) in [6.45, 7) is 0.765. The van der Waals surface area contributed by atoms with Crippen LogP contribution in [0.25, 0.3) is 0 Å². The van der Waals surface area contributed by atoms with E-state index >= 15 is 0 Å². The van der Waals surface area contributed by atoms with Crippen molar-refractivity contribution in [1.29, 1.82) is 5.26 Å². The topological polar surface area (TPSA) is 44.1 Å². The standard InChI is InChI=1S/C8H11FN2O/c9-7-2-1-5-11(6-7)8(12)3-4-10/h7H,1-3,5-6H2/t7-/m0/s1. The number of nitrogens with zero attached hydrogens (tertiary/aromatic N) is 2. The summed E-state index contributed by atoms with van der Waals surface area (Å²) >= 11 is 0. The average molecular weight is 170 g/mol. The summed E-state index contributed by atoms with van der Waals surface area (Å²) in [6.07, 6.45) is 0.211. The maximum absolute atomic E-state index is 12.8. The van der Waals surface area contributed by atoms with E-state index in [4.69, 9.17) is 5.26 Å². The summed E-state index contributed by atoms with van der Waals surface area (Å²) in [5, 5.41) is 8.24. The van der Waals surface area contributed by atoms with Gasteiger partial charge in [0.1, 0.15) is 12.6 Å².